The molecule has 0 atom stereocenters. The first-order valence-electron chi connectivity index (χ1n) is 2.41. The maximum Gasteiger partial charge on any atom is 1.00 e. The van der Waals surface area contributed by atoms with Crippen molar-refractivity contribution in [2.24, 2.45) is 0 Å². The van der Waals surface area contributed by atoms with Gasteiger partial charge in [0.15, 0.2) is 10.3 Å². The summed E-state index contributed by atoms with van der Waals surface area (Å²) in [5, 5.41) is 16.5. The van der Waals surface area contributed by atoms with Crippen molar-refractivity contribution < 1.29 is 52.7 Å². The van der Waals surface area contributed by atoms with Crippen LogP contribution in [0.5, 0.6) is 0 Å². The number of hydrogen-bond donors (Lipinski definition) is 3. The molecule has 0 aromatic rings. The third-order valence-electron chi connectivity index (χ3n) is 0.704. The molecular weight excluding hydrogens is 185 g/mol. The smallest absolute Gasteiger partial charge is 0.518 e. The average molecular weight is 193 g/mol. The maximum atomic E-state index is 9.93. The van der Waals surface area contributed by atoms with E-state index in [-0.39, 0.29) is 29.6 Å². The molecule has 0 aliphatic heterocycles. The van der Waals surface area contributed by atoms with Crippen LogP contribution in [-0.4, -0.2) is 42.4 Å². The van der Waals surface area contributed by atoms with Crippen molar-refractivity contribution in [3.8, 4) is 0 Å². The summed E-state index contributed by atoms with van der Waals surface area (Å²) >= 11 is 0. The summed E-state index contributed by atoms with van der Waals surface area (Å²) in [7, 11) is -4.44. The van der Waals surface area contributed by atoms with E-state index in [1.165, 1.54) is 0 Å². The molecule has 6 nitrogen and oxygen atoms in total. The van der Waals surface area contributed by atoms with Gasteiger partial charge in [0.25, 0.3) is 0 Å². The van der Waals surface area contributed by atoms with E-state index in [4.69, 9.17) is 14.8 Å². The van der Waals surface area contributed by atoms with E-state index >= 15 is 0 Å². The summed E-state index contributed by atoms with van der Waals surface area (Å²) in [4.78, 5) is 0. The fraction of sp³-hybridized carbons (Fsp3) is 1.00. The number of aliphatic hydroxyl groups is 2. The Morgan fingerprint density at radius 2 is 1.64 bits per heavy atom. The van der Waals surface area contributed by atoms with Crippen LogP contribution in [0.1, 0.15) is 0 Å². The molecule has 0 fully saturated rings. The van der Waals surface area contributed by atoms with Gasteiger partial charge in [-0.25, -0.2) is 8.42 Å². The van der Waals surface area contributed by atoms with Gasteiger partial charge in [0, 0.05) is 13.2 Å². The van der Waals surface area contributed by atoms with Crippen molar-refractivity contribution in [2.45, 2.75) is 6.04 Å². The van der Waals surface area contributed by atoms with Crippen LogP contribution >= 0.6 is 0 Å². The Hall–Kier alpha value is 0.790. The molecule has 0 saturated carbocycles. The second-order valence-electron chi connectivity index (χ2n) is 1.57. The Morgan fingerprint density at radius 1 is 1.27 bits per heavy atom. The van der Waals surface area contributed by atoms with Crippen LogP contribution in [0.15, 0.2) is 0 Å². The summed E-state index contributed by atoms with van der Waals surface area (Å²) in [6, 6.07) is -1.16. The molecule has 0 heterocycles. The van der Waals surface area contributed by atoms with Crippen LogP contribution in [0, 0.1) is 0 Å². The Balaban J connectivity index is 0. The second kappa shape index (κ2) is 6.32. The van der Waals surface area contributed by atoms with Gasteiger partial charge in [-0.3, -0.25) is 4.55 Å². The summed E-state index contributed by atoms with van der Waals surface area (Å²) in [5.74, 6) is 0. The van der Waals surface area contributed by atoms with Crippen molar-refractivity contribution in [3.05, 3.63) is 4.72 Å². The summed E-state index contributed by atoms with van der Waals surface area (Å²) in [6.07, 6.45) is 0. The van der Waals surface area contributed by atoms with Gasteiger partial charge in [-0.1, -0.05) is 6.04 Å². The largest absolute Gasteiger partial charge is 1.00 e. The van der Waals surface area contributed by atoms with E-state index in [0.29, 0.717) is 0 Å². The van der Waals surface area contributed by atoms with Gasteiger partial charge in [0.05, 0.1) is 0 Å². The topological polar surface area (TPSA) is 109 Å². The molecule has 3 N–H and O–H groups in total. The van der Waals surface area contributed by atoms with Gasteiger partial charge >= 0.3 is 29.6 Å². The zero-order chi connectivity index (χ0) is 8.20. The van der Waals surface area contributed by atoms with Gasteiger partial charge in [0.1, 0.15) is 0 Å². The maximum absolute atomic E-state index is 9.93. The first-order valence-corrected chi connectivity index (χ1v) is 3.80. The molecule has 0 aromatic carbocycles. The monoisotopic (exact) mass is 193 g/mol. The standard InChI is InChI=1S/C3H8NO5S.Na/c5-1-3(2-6)4-10(7,8)9;/h3,5-6H,1-2H2,(H,7,8,9);/q-1;+1. The van der Waals surface area contributed by atoms with Crippen LogP contribution in [0.3, 0.4) is 0 Å². The second-order valence-corrected chi connectivity index (χ2v) is 2.68. The third kappa shape index (κ3) is 8.70. The minimum absolute atomic E-state index is 0. The molecule has 0 bridgehead atoms. The Morgan fingerprint density at radius 3 is 1.73 bits per heavy atom. The molecule has 0 spiro atoms. The Labute approximate surface area is 86.8 Å². The molecule has 0 rings (SSSR count). The first kappa shape index (κ1) is 14.3. The van der Waals surface area contributed by atoms with Crippen molar-refractivity contribution in [2.75, 3.05) is 13.2 Å². The van der Waals surface area contributed by atoms with Crippen LogP contribution in [0.4, 0.5) is 0 Å². The predicted octanol–water partition coefficient (Wildman–Crippen LogP) is -4.48. The normalized spacial score (nSPS) is 11.3. The molecule has 0 aliphatic rings. The van der Waals surface area contributed by atoms with E-state index < -0.39 is 29.6 Å². The third-order valence-corrected chi connectivity index (χ3v) is 1.27. The van der Waals surface area contributed by atoms with Gasteiger partial charge in [0.2, 0.25) is 0 Å². The summed E-state index contributed by atoms with van der Waals surface area (Å²) in [6.45, 7) is -1.23. The number of nitrogens with zero attached hydrogens (tertiary/aromatic N) is 1. The van der Waals surface area contributed by atoms with Gasteiger partial charge in [-0.2, -0.15) is 0 Å². The van der Waals surface area contributed by atoms with Crippen molar-refractivity contribution in [3.63, 3.8) is 0 Å². The molecule has 0 radical (unpaired) electrons. The molecule has 8 heteroatoms. The number of rotatable bonds is 4. The quantitative estimate of drug-likeness (QED) is 0.308. The minimum atomic E-state index is -4.44. The molecule has 0 aliphatic carbocycles. The van der Waals surface area contributed by atoms with E-state index in [9.17, 15) is 8.42 Å². The van der Waals surface area contributed by atoms with Gasteiger partial charge in [-0.05, 0) is 0 Å². The number of hydrogen-bond acceptors (Lipinski definition) is 4. The molecule has 0 saturated heterocycles. The minimum Gasteiger partial charge on any atom is -0.518 e. The number of aliphatic hydroxyl groups excluding tert-OH is 2. The van der Waals surface area contributed by atoms with E-state index in [0.717, 1.165) is 0 Å². The predicted molar refractivity (Wildman–Crippen MR) is 32.9 cm³/mol. The SMILES string of the molecule is O=S(=O)(O)[N-]C(CO)CO.[Na+]. The van der Waals surface area contributed by atoms with Crippen molar-refractivity contribution in [1.29, 1.82) is 0 Å². The summed E-state index contributed by atoms with van der Waals surface area (Å²) in [5.41, 5.74) is 0. The van der Waals surface area contributed by atoms with Crippen molar-refractivity contribution in [1.82, 2.24) is 0 Å². The van der Waals surface area contributed by atoms with Gasteiger partial charge < -0.3 is 14.9 Å². The fourth-order valence-electron chi connectivity index (χ4n) is 0.313. The molecule has 11 heavy (non-hydrogen) atoms. The Bertz CT molecular complexity index is 176. The van der Waals surface area contributed by atoms with Crippen LogP contribution in [-0.2, 0) is 10.3 Å². The average Bonchev–Trinajstić information content (AvgIpc) is 1.81. The van der Waals surface area contributed by atoms with E-state index in [1.54, 1.807) is 0 Å². The van der Waals surface area contributed by atoms with Crippen LogP contribution in [0.25, 0.3) is 4.72 Å². The fourth-order valence-corrected chi connectivity index (χ4v) is 0.823. The molecule has 62 valence electrons. The first-order chi connectivity index (χ1) is 4.49. The Kier molecular flexibility index (Phi) is 8.23. The van der Waals surface area contributed by atoms with Crippen LogP contribution < -0.4 is 29.6 Å². The molecule has 0 aromatic heterocycles. The van der Waals surface area contributed by atoms with E-state index in [2.05, 4.69) is 4.72 Å². The van der Waals surface area contributed by atoms with Gasteiger partial charge in [-0.15, -0.1) is 0 Å². The summed E-state index contributed by atoms with van der Waals surface area (Å²) < 4.78 is 30.6. The van der Waals surface area contributed by atoms with Crippen molar-refractivity contribution >= 4 is 10.3 Å². The zero-order valence-electron chi connectivity index (χ0n) is 6.01. The molecular formula is C3H8NNaO5S. The molecule has 0 amide bonds. The zero-order valence-corrected chi connectivity index (χ0v) is 8.82. The molecule has 0 unspecified atom stereocenters. The van der Waals surface area contributed by atoms with E-state index in [1.807, 2.05) is 0 Å². The van der Waals surface area contributed by atoms with Crippen LogP contribution in [0.2, 0.25) is 0 Å².